The number of carbonyl (C=O) groups is 2. The molecule has 3 rings (SSSR count). The number of hydrogen-bond acceptors (Lipinski definition) is 7. The number of pyridine rings is 1. The summed E-state index contributed by atoms with van der Waals surface area (Å²) in [5.41, 5.74) is -0.633. The van der Waals surface area contributed by atoms with Gasteiger partial charge in [0.15, 0.2) is 25.0 Å². The molecule has 1 fully saturated rings. The topological polar surface area (TPSA) is 139 Å². The van der Waals surface area contributed by atoms with Crippen molar-refractivity contribution in [2.24, 2.45) is 0 Å². The molecule has 11 heteroatoms. The smallest absolute Gasteiger partial charge is 0.353 e. The van der Waals surface area contributed by atoms with Gasteiger partial charge in [-0.1, -0.05) is 6.07 Å². The third kappa shape index (κ3) is 2.74. The molecule has 0 saturated carbocycles. The molecule has 2 aliphatic rings. The van der Waals surface area contributed by atoms with E-state index in [1.807, 2.05) is 0 Å². The van der Waals surface area contributed by atoms with E-state index in [0.717, 1.165) is 0 Å². The minimum Gasteiger partial charge on any atom is -0.477 e. The lowest BCUT2D eigenvalue weighted by molar-refractivity contribution is -0.141. The molecule has 1 atom stereocenters. The number of aromatic nitrogens is 1. The number of fused-ring (bicyclic) bond motifs is 1. The largest absolute Gasteiger partial charge is 0.477 e. The number of carbonyl (C=O) groups excluding carboxylic acids is 1. The molecule has 0 bridgehead atoms. The molecule has 3 heterocycles. The van der Waals surface area contributed by atoms with Crippen LogP contribution in [0.4, 0.5) is 0 Å². The van der Waals surface area contributed by atoms with E-state index in [1.165, 1.54) is 12.3 Å². The molecule has 0 radical (unpaired) electrons. The number of carboxylic acid groups (broad SMARTS) is 1. The van der Waals surface area contributed by atoms with Crippen LogP contribution in [0.5, 0.6) is 0 Å². The molecular formula is C14H12N2O7S2. The van der Waals surface area contributed by atoms with Crippen molar-refractivity contribution in [1.29, 1.82) is 0 Å². The molecule has 1 aromatic heterocycles. The molecule has 132 valence electrons. The Morgan fingerprint density at radius 3 is 2.60 bits per heavy atom. The fourth-order valence-electron chi connectivity index (χ4n) is 2.72. The summed E-state index contributed by atoms with van der Waals surface area (Å²) in [6, 6.07) is 4.83. The van der Waals surface area contributed by atoms with Crippen molar-refractivity contribution < 1.29 is 31.5 Å². The van der Waals surface area contributed by atoms with Gasteiger partial charge in [0.05, 0.1) is 21.9 Å². The van der Waals surface area contributed by atoms with Crippen LogP contribution in [0.3, 0.4) is 0 Å². The van der Waals surface area contributed by atoms with Crippen LogP contribution in [0.15, 0.2) is 40.6 Å². The van der Waals surface area contributed by atoms with E-state index >= 15 is 0 Å². The average molecular weight is 384 g/mol. The van der Waals surface area contributed by atoms with Gasteiger partial charge in [-0.05, 0) is 18.2 Å². The minimum absolute atomic E-state index is 0.148. The van der Waals surface area contributed by atoms with E-state index in [4.69, 9.17) is 0 Å². The highest BCUT2D eigenvalue weighted by atomic mass is 32.2. The van der Waals surface area contributed by atoms with E-state index in [2.05, 4.69) is 4.98 Å². The Hall–Kier alpha value is -2.53. The van der Waals surface area contributed by atoms with E-state index in [0.29, 0.717) is 16.8 Å². The normalized spacial score (nSPS) is 24.0. The summed E-state index contributed by atoms with van der Waals surface area (Å²) in [7, 11) is -8.24. The molecule has 1 amide bonds. The molecule has 1 saturated heterocycles. The lowest BCUT2D eigenvalue weighted by atomic mass is 10.0. The predicted octanol–water partition coefficient (Wildman–Crippen LogP) is -0.598. The Kier molecular flexibility index (Phi) is 3.80. The van der Waals surface area contributed by atoms with Gasteiger partial charge in [-0.2, -0.15) is 0 Å². The van der Waals surface area contributed by atoms with Gasteiger partial charge in [-0.15, -0.1) is 0 Å². The van der Waals surface area contributed by atoms with Crippen LogP contribution >= 0.6 is 0 Å². The van der Waals surface area contributed by atoms with Crippen LogP contribution in [0.25, 0.3) is 6.08 Å². The highest BCUT2D eigenvalue weighted by Gasteiger charge is 2.57. The van der Waals surface area contributed by atoms with Crippen molar-refractivity contribution in [2.45, 2.75) is 5.37 Å². The first-order chi connectivity index (χ1) is 11.5. The number of hydrogen-bond donors (Lipinski definition) is 1. The zero-order valence-electron chi connectivity index (χ0n) is 12.8. The summed E-state index contributed by atoms with van der Waals surface area (Å²) in [6.07, 6.45) is 3.41. The van der Waals surface area contributed by atoms with Crippen molar-refractivity contribution >= 4 is 37.6 Å². The fourth-order valence-corrected chi connectivity index (χ4v) is 6.34. The van der Waals surface area contributed by atoms with Crippen molar-refractivity contribution in [2.75, 3.05) is 12.0 Å². The summed E-state index contributed by atoms with van der Waals surface area (Å²) >= 11 is 0. The zero-order chi connectivity index (χ0) is 18.6. The van der Waals surface area contributed by atoms with E-state index < -0.39 is 53.3 Å². The highest BCUT2D eigenvalue weighted by molar-refractivity contribution is 7.98. The fraction of sp³-hybridized carbons (Fsp3) is 0.214. The van der Waals surface area contributed by atoms with Gasteiger partial charge in [0.25, 0.3) is 5.91 Å². The molecule has 1 N–H and O–H groups in total. The van der Waals surface area contributed by atoms with E-state index in [9.17, 15) is 31.5 Å². The highest BCUT2D eigenvalue weighted by Crippen LogP contribution is 2.41. The quantitative estimate of drug-likeness (QED) is 0.538. The lowest BCUT2D eigenvalue weighted by Crippen LogP contribution is -2.62. The second kappa shape index (κ2) is 5.49. The third-order valence-corrected chi connectivity index (χ3v) is 7.04. The van der Waals surface area contributed by atoms with Crippen molar-refractivity contribution in [3.05, 3.63) is 46.3 Å². The maximum Gasteiger partial charge on any atom is 0.353 e. The molecule has 0 spiro atoms. The first-order valence-electron chi connectivity index (χ1n) is 6.88. The Morgan fingerprint density at radius 2 is 2.08 bits per heavy atom. The summed E-state index contributed by atoms with van der Waals surface area (Å²) in [6.45, 7) is 0. The summed E-state index contributed by atoms with van der Waals surface area (Å²) in [5.74, 6) is -3.52. The number of aliphatic carboxylic acids is 1. The third-order valence-electron chi connectivity index (χ3n) is 3.79. The van der Waals surface area contributed by atoms with Gasteiger partial charge >= 0.3 is 5.97 Å². The second-order valence-electron chi connectivity index (χ2n) is 5.54. The SMILES string of the molecule is CS(=O)(=O)C1=C(C(=O)O)N2C(=O)/C(=C/c3ccccn3)C2S(=O)(=O)C1. The van der Waals surface area contributed by atoms with Crippen LogP contribution in [0.1, 0.15) is 5.69 Å². The van der Waals surface area contributed by atoms with Crippen LogP contribution < -0.4 is 0 Å². The maximum atomic E-state index is 12.5. The lowest BCUT2D eigenvalue weighted by Gasteiger charge is -2.45. The molecule has 9 nitrogen and oxygen atoms in total. The van der Waals surface area contributed by atoms with E-state index in [-0.39, 0.29) is 5.57 Å². The molecular weight excluding hydrogens is 372 g/mol. The molecule has 0 aromatic carbocycles. The zero-order valence-corrected chi connectivity index (χ0v) is 14.4. The number of β-lactam (4-membered cyclic amide) rings is 1. The predicted molar refractivity (Wildman–Crippen MR) is 86.1 cm³/mol. The minimum atomic E-state index is -4.12. The Morgan fingerprint density at radius 1 is 1.40 bits per heavy atom. The van der Waals surface area contributed by atoms with Gasteiger partial charge < -0.3 is 5.11 Å². The van der Waals surface area contributed by atoms with Crippen LogP contribution in [-0.2, 0) is 29.3 Å². The van der Waals surface area contributed by atoms with Crippen molar-refractivity contribution in [3.8, 4) is 0 Å². The molecule has 0 aliphatic carbocycles. The monoisotopic (exact) mass is 384 g/mol. The van der Waals surface area contributed by atoms with Crippen LogP contribution in [-0.4, -0.2) is 61.1 Å². The van der Waals surface area contributed by atoms with Crippen molar-refractivity contribution in [1.82, 2.24) is 9.88 Å². The molecule has 1 aromatic rings. The Balaban J connectivity index is 2.19. The maximum absolute atomic E-state index is 12.5. The Labute approximate surface area is 143 Å². The van der Waals surface area contributed by atoms with Gasteiger partial charge in [-0.25, -0.2) is 21.6 Å². The number of nitrogens with zero attached hydrogens (tertiary/aromatic N) is 2. The van der Waals surface area contributed by atoms with Crippen LogP contribution in [0, 0.1) is 0 Å². The number of rotatable bonds is 3. The van der Waals surface area contributed by atoms with Gasteiger partial charge in [0.1, 0.15) is 5.70 Å². The number of sulfone groups is 2. The van der Waals surface area contributed by atoms with Crippen molar-refractivity contribution in [3.63, 3.8) is 0 Å². The molecule has 25 heavy (non-hydrogen) atoms. The molecule has 1 unspecified atom stereocenters. The van der Waals surface area contributed by atoms with Gasteiger partial charge in [0, 0.05) is 12.5 Å². The second-order valence-corrected chi connectivity index (χ2v) is 9.64. The first kappa shape index (κ1) is 17.3. The number of amides is 1. The first-order valence-corrected chi connectivity index (χ1v) is 10.5. The number of carboxylic acids is 1. The summed E-state index contributed by atoms with van der Waals surface area (Å²) in [5, 5.41) is 7.79. The van der Waals surface area contributed by atoms with Gasteiger partial charge in [-0.3, -0.25) is 14.7 Å². The average Bonchev–Trinajstić information content (AvgIpc) is 2.51. The van der Waals surface area contributed by atoms with Crippen LogP contribution in [0.2, 0.25) is 0 Å². The molecule has 2 aliphatic heterocycles. The summed E-state index contributed by atoms with van der Waals surface area (Å²) in [4.78, 5) is 27.5. The van der Waals surface area contributed by atoms with E-state index in [1.54, 1.807) is 18.2 Å². The van der Waals surface area contributed by atoms with Gasteiger partial charge in [0.2, 0.25) is 0 Å². The Bertz CT molecular complexity index is 1050. The standard InChI is InChI=1S/C14H12N2O7S2/c1-24(20,21)10-7-25(22,23)13-9(6-8-4-2-3-5-15-8)12(17)16(13)11(10)14(18)19/h2-6,13H,7H2,1H3,(H,18,19)/b9-6-. The summed E-state index contributed by atoms with van der Waals surface area (Å²) < 4.78 is 48.5.